The number of hydrogen-bond donors (Lipinski definition) is 2. The SMILES string of the molecule is CCCC(C)C(=O)NC1CC(N(CC(=O)O)CC2CC2)C1. The van der Waals surface area contributed by atoms with Gasteiger partial charge in [-0.15, -0.1) is 0 Å². The first-order chi connectivity index (χ1) is 9.99. The average molecular weight is 296 g/mol. The normalized spacial score (nSPS) is 26.2. The molecule has 1 amide bonds. The molecule has 1 atom stereocenters. The molecular weight excluding hydrogens is 268 g/mol. The standard InChI is InChI=1S/C16H28N2O3/c1-3-4-11(2)16(21)17-13-7-14(8-13)18(10-15(19)20)9-12-5-6-12/h11-14H,3-10H2,1-2H3,(H,17,21)(H,19,20). The molecule has 0 saturated heterocycles. The fourth-order valence-corrected chi connectivity index (χ4v) is 3.06. The first-order valence-electron chi connectivity index (χ1n) is 8.25. The fraction of sp³-hybridized carbons (Fsp3) is 0.875. The summed E-state index contributed by atoms with van der Waals surface area (Å²) in [4.78, 5) is 25.0. The number of carbonyl (C=O) groups excluding carboxylic acids is 1. The van der Waals surface area contributed by atoms with Crippen molar-refractivity contribution in [2.45, 2.75) is 64.5 Å². The van der Waals surface area contributed by atoms with Gasteiger partial charge in [0.15, 0.2) is 0 Å². The summed E-state index contributed by atoms with van der Waals surface area (Å²) in [5.41, 5.74) is 0. The molecule has 1 unspecified atom stereocenters. The summed E-state index contributed by atoms with van der Waals surface area (Å²) >= 11 is 0. The second kappa shape index (κ2) is 7.25. The van der Waals surface area contributed by atoms with Crippen LogP contribution in [0.15, 0.2) is 0 Å². The van der Waals surface area contributed by atoms with Gasteiger partial charge in [0, 0.05) is 24.5 Å². The molecule has 0 aromatic carbocycles. The van der Waals surface area contributed by atoms with E-state index in [0.717, 1.165) is 32.2 Å². The number of carboxylic acids is 1. The molecule has 0 spiro atoms. The zero-order valence-corrected chi connectivity index (χ0v) is 13.2. The lowest BCUT2D eigenvalue weighted by molar-refractivity contribution is -0.140. The van der Waals surface area contributed by atoms with Crippen molar-refractivity contribution < 1.29 is 14.7 Å². The second-order valence-electron chi connectivity index (χ2n) is 6.79. The smallest absolute Gasteiger partial charge is 0.317 e. The van der Waals surface area contributed by atoms with Crippen LogP contribution < -0.4 is 5.32 Å². The van der Waals surface area contributed by atoms with Crippen molar-refractivity contribution in [3.63, 3.8) is 0 Å². The molecule has 5 nitrogen and oxygen atoms in total. The van der Waals surface area contributed by atoms with Crippen LogP contribution in [-0.2, 0) is 9.59 Å². The Bertz CT molecular complexity index is 376. The van der Waals surface area contributed by atoms with Crippen molar-refractivity contribution in [1.82, 2.24) is 10.2 Å². The summed E-state index contributed by atoms with van der Waals surface area (Å²) in [6.07, 6.45) is 6.20. The summed E-state index contributed by atoms with van der Waals surface area (Å²) in [6, 6.07) is 0.561. The summed E-state index contributed by atoms with van der Waals surface area (Å²) in [5, 5.41) is 12.1. The summed E-state index contributed by atoms with van der Waals surface area (Å²) in [6.45, 7) is 5.10. The topological polar surface area (TPSA) is 69.6 Å². The van der Waals surface area contributed by atoms with Gasteiger partial charge in [-0.2, -0.15) is 0 Å². The first-order valence-corrected chi connectivity index (χ1v) is 8.25. The maximum atomic E-state index is 12.0. The van der Waals surface area contributed by atoms with Crippen molar-refractivity contribution in [2.75, 3.05) is 13.1 Å². The summed E-state index contributed by atoms with van der Waals surface area (Å²) in [5.74, 6) is 0.171. The Labute approximate surface area is 127 Å². The largest absolute Gasteiger partial charge is 0.480 e. The van der Waals surface area contributed by atoms with E-state index in [4.69, 9.17) is 5.11 Å². The van der Waals surface area contributed by atoms with Crippen molar-refractivity contribution in [2.24, 2.45) is 11.8 Å². The molecule has 2 aliphatic carbocycles. The monoisotopic (exact) mass is 296 g/mol. The minimum atomic E-state index is -0.750. The van der Waals surface area contributed by atoms with Gasteiger partial charge in [0.1, 0.15) is 0 Å². The number of amides is 1. The van der Waals surface area contributed by atoms with Crippen LogP contribution in [0.5, 0.6) is 0 Å². The molecule has 2 N–H and O–H groups in total. The molecule has 0 radical (unpaired) electrons. The van der Waals surface area contributed by atoms with Crippen LogP contribution in [0.2, 0.25) is 0 Å². The Morgan fingerprint density at radius 1 is 1.33 bits per heavy atom. The van der Waals surface area contributed by atoms with E-state index in [9.17, 15) is 9.59 Å². The summed E-state index contributed by atoms with van der Waals surface area (Å²) in [7, 11) is 0. The molecule has 2 aliphatic rings. The maximum absolute atomic E-state index is 12.0. The van der Waals surface area contributed by atoms with Gasteiger partial charge in [-0.3, -0.25) is 14.5 Å². The van der Waals surface area contributed by atoms with Gasteiger partial charge < -0.3 is 10.4 Å². The quantitative estimate of drug-likeness (QED) is 0.681. The molecule has 120 valence electrons. The number of carboxylic acid groups (broad SMARTS) is 1. The Hall–Kier alpha value is -1.10. The number of hydrogen-bond acceptors (Lipinski definition) is 3. The van der Waals surface area contributed by atoms with Crippen LogP contribution in [0.25, 0.3) is 0 Å². The van der Waals surface area contributed by atoms with Crippen molar-refractivity contribution in [3.8, 4) is 0 Å². The third-order valence-corrected chi connectivity index (χ3v) is 4.67. The van der Waals surface area contributed by atoms with Gasteiger partial charge in [-0.1, -0.05) is 20.3 Å². The van der Waals surface area contributed by atoms with Crippen LogP contribution in [0.1, 0.15) is 52.4 Å². The van der Waals surface area contributed by atoms with E-state index in [0.29, 0.717) is 12.0 Å². The van der Waals surface area contributed by atoms with E-state index in [-0.39, 0.29) is 24.4 Å². The summed E-state index contributed by atoms with van der Waals surface area (Å²) < 4.78 is 0. The average Bonchev–Trinajstić information content (AvgIpc) is 3.15. The lowest BCUT2D eigenvalue weighted by Gasteiger charge is -2.43. The second-order valence-corrected chi connectivity index (χ2v) is 6.79. The van der Waals surface area contributed by atoms with E-state index in [1.807, 2.05) is 6.92 Å². The number of nitrogens with zero attached hydrogens (tertiary/aromatic N) is 1. The lowest BCUT2D eigenvalue weighted by Crippen LogP contribution is -2.55. The van der Waals surface area contributed by atoms with Crippen molar-refractivity contribution >= 4 is 11.9 Å². The van der Waals surface area contributed by atoms with Gasteiger partial charge in [-0.05, 0) is 38.0 Å². The van der Waals surface area contributed by atoms with Crippen LogP contribution in [0.4, 0.5) is 0 Å². The van der Waals surface area contributed by atoms with E-state index < -0.39 is 5.97 Å². The molecule has 0 bridgehead atoms. The van der Waals surface area contributed by atoms with Crippen LogP contribution in [0.3, 0.4) is 0 Å². The van der Waals surface area contributed by atoms with Crippen LogP contribution in [0, 0.1) is 11.8 Å². The third kappa shape index (κ3) is 4.99. The zero-order chi connectivity index (χ0) is 15.4. The molecule has 2 rings (SSSR count). The highest BCUT2D eigenvalue weighted by Gasteiger charge is 2.37. The van der Waals surface area contributed by atoms with Gasteiger partial charge in [0.25, 0.3) is 0 Å². The Morgan fingerprint density at radius 3 is 2.52 bits per heavy atom. The Kier molecular flexibility index (Phi) is 5.62. The number of carbonyl (C=O) groups is 2. The number of rotatable bonds is 9. The Balaban J connectivity index is 1.72. The van der Waals surface area contributed by atoms with Crippen LogP contribution in [-0.4, -0.2) is 47.1 Å². The molecule has 0 heterocycles. The van der Waals surface area contributed by atoms with E-state index in [2.05, 4.69) is 17.1 Å². The minimum absolute atomic E-state index is 0.0793. The molecule has 0 aliphatic heterocycles. The minimum Gasteiger partial charge on any atom is -0.480 e. The van der Waals surface area contributed by atoms with E-state index in [1.165, 1.54) is 12.8 Å². The highest BCUT2D eigenvalue weighted by Crippen LogP contribution is 2.33. The molecule has 2 fully saturated rings. The molecule has 5 heteroatoms. The van der Waals surface area contributed by atoms with Gasteiger partial charge in [0.05, 0.1) is 6.54 Å². The number of aliphatic carboxylic acids is 1. The molecular formula is C16H28N2O3. The first kappa shape index (κ1) is 16.3. The highest BCUT2D eigenvalue weighted by atomic mass is 16.4. The van der Waals surface area contributed by atoms with Gasteiger partial charge >= 0.3 is 5.97 Å². The van der Waals surface area contributed by atoms with Crippen LogP contribution >= 0.6 is 0 Å². The van der Waals surface area contributed by atoms with E-state index >= 15 is 0 Å². The lowest BCUT2D eigenvalue weighted by atomic mass is 9.84. The molecule has 0 aromatic heterocycles. The zero-order valence-electron chi connectivity index (χ0n) is 13.2. The highest BCUT2D eigenvalue weighted by molar-refractivity contribution is 5.78. The van der Waals surface area contributed by atoms with Gasteiger partial charge in [0.2, 0.25) is 5.91 Å². The van der Waals surface area contributed by atoms with E-state index in [1.54, 1.807) is 0 Å². The maximum Gasteiger partial charge on any atom is 0.317 e. The predicted molar refractivity (Wildman–Crippen MR) is 81.0 cm³/mol. The van der Waals surface area contributed by atoms with Crippen molar-refractivity contribution in [3.05, 3.63) is 0 Å². The molecule has 2 saturated carbocycles. The van der Waals surface area contributed by atoms with Crippen molar-refractivity contribution in [1.29, 1.82) is 0 Å². The molecule has 21 heavy (non-hydrogen) atoms. The third-order valence-electron chi connectivity index (χ3n) is 4.67. The Morgan fingerprint density at radius 2 is 2.00 bits per heavy atom. The fourth-order valence-electron chi connectivity index (χ4n) is 3.06. The molecule has 0 aromatic rings. The van der Waals surface area contributed by atoms with Gasteiger partial charge in [-0.25, -0.2) is 0 Å². The number of nitrogens with one attached hydrogen (secondary N) is 1. The predicted octanol–water partition coefficient (Wildman–Crippen LogP) is 1.87.